The second-order valence-corrected chi connectivity index (χ2v) is 6.18. The Morgan fingerprint density at radius 3 is 2.68 bits per heavy atom. The van der Waals surface area contributed by atoms with Gasteiger partial charge in [0.2, 0.25) is 0 Å². The summed E-state index contributed by atoms with van der Waals surface area (Å²) in [7, 11) is 0. The van der Waals surface area contributed by atoms with E-state index in [4.69, 9.17) is 11.6 Å². The van der Waals surface area contributed by atoms with E-state index in [9.17, 15) is 5.11 Å². The minimum Gasteiger partial charge on any atom is -0.508 e. The van der Waals surface area contributed by atoms with Crippen molar-refractivity contribution in [3.05, 3.63) is 38.7 Å². The van der Waals surface area contributed by atoms with Crippen LogP contribution in [0.1, 0.15) is 19.5 Å². The molecule has 0 aliphatic rings. The number of nitrogens with zero attached hydrogens (tertiary/aromatic N) is 2. The van der Waals surface area contributed by atoms with Crippen LogP contribution in [0.5, 0.6) is 5.75 Å². The van der Waals surface area contributed by atoms with Crippen LogP contribution in [-0.4, -0.2) is 15.1 Å². The highest BCUT2D eigenvalue weighted by molar-refractivity contribution is 14.1. The number of hydrogen-bond donors (Lipinski definition) is 1. The second kappa shape index (κ2) is 6.05. The van der Waals surface area contributed by atoms with Gasteiger partial charge in [0.05, 0.1) is 9.26 Å². The molecule has 0 aliphatic carbocycles. The molecule has 0 amide bonds. The Kier molecular flexibility index (Phi) is 4.62. The molecule has 2 aromatic rings. The molecule has 100 valence electrons. The fourth-order valence-electron chi connectivity index (χ4n) is 1.76. The quantitative estimate of drug-likeness (QED) is 0.630. The lowest BCUT2D eigenvalue weighted by molar-refractivity contribution is 0.475. The zero-order valence-corrected chi connectivity index (χ0v) is 13.6. The van der Waals surface area contributed by atoms with Gasteiger partial charge in [-0.15, -0.1) is 0 Å². The van der Waals surface area contributed by atoms with E-state index in [1.54, 1.807) is 18.2 Å². The Bertz CT molecular complexity index is 602. The topological polar surface area (TPSA) is 46.0 Å². The van der Waals surface area contributed by atoms with Crippen LogP contribution in [-0.2, 0) is 6.42 Å². The Balaban J connectivity index is 2.50. The standard InChI is InChI=1S/C14H14ClIN2O/c1-8(2)6-11-12(16)13(15)18-14(17-11)9-4-3-5-10(19)7-9/h3-5,7-8,19H,6H2,1-2H3. The second-order valence-electron chi connectivity index (χ2n) is 4.75. The molecule has 0 radical (unpaired) electrons. The summed E-state index contributed by atoms with van der Waals surface area (Å²) in [5.41, 5.74) is 1.72. The molecule has 0 spiro atoms. The summed E-state index contributed by atoms with van der Waals surface area (Å²) in [4.78, 5) is 8.86. The number of aromatic hydroxyl groups is 1. The molecule has 0 bridgehead atoms. The van der Waals surface area contributed by atoms with Gasteiger partial charge in [0.1, 0.15) is 10.9 Å². The van der Waals surface area contributed by atoms with E-state index in [1.165, 1.54) is 0 Å². The first-order chi connectivity index (χ1) is 8.97. The normalized spacial score (nSPS) is 11.0. The summed E-state index contributed by atoms with van der Waals surface area (Å²) in [5.74, 6) is 1.25. The van der Waals surface area contributed by atoms with Gasteiger partial charge in [0, 0.05) is 5.56 Å². The largest absolute Gasteiger partial charge is 0.508 e. The van der Waals surface area contributed by atoms with Crippen molar-refractivity contribution in [1.29, 1.82) is 0 Å². The summed E-state index contributed by atoms with van der Waals surface area (Å²) < 4.78 is 0.900. The molecule has 0 aliphatic heterocycles. The predicted octanol–water partition coefficient (Wildman–Crippen LogP) is 4.31. The Morgan fingerprint density at radius 1 is 1.32 bits per heavy atom. The van der Waals surface area contributed by atoms with Crippen molar-refractivity contribution in [2.45, 2.75) is 20.3 Å². The van der Waals surface area contributed by atoms with Crippen LogP contribution in [0.2, 0.25) is 5.15 Å². The highest BCUT2D eigenvalue weighted by Crippen LogP contribution is 2.26. The lowest BCUT2D eigenvalue weighted by Gasteiger charge is -2.10. The Labute approximate surface area is 131 Å². The number of hydrogen-bond acceptors (Lipinski definition) is 3. The Morgan fingerprint density at radius 2 is 2.05 bits per heavy atom. The Hall–Kier alpha value is -0.880. The van der Waals surface area contributed by atoms with E-state index in [-0.39, 0.29) is 5.75 Å². The summed E-state index contributed by atoms with van der Waals surface area (Å²) >= 11 is 8.35. The van der Waals surface area contributed by atoms with Crippen LogP contribution < -0.4 is 0 Å². The third-order valence-electron chi connectivity index (χ3n) is 2.59. The van der Waals surface area contributed by atoms with Crippen LogP contribution in [0, 0.1) is 9.49 Å². The third-order valence-corrected chi connectivity index (χ3v) is 4.31. The predicted molar refractivity (Wildman–Crippen MR) is 85.4 cm³/mol. The molecule has 0 unspecified atom stereocenters. The van der Waals surface area contributed by atoms with Gasteiger partial charge in [-0.05, 0) is 47.1 Å². The number of rotatable bonds is 3. The molecular formula is C14H14ClIN2O. The molecule has 0 saturated carbocycles. The van der Waals surface area contributed by atoms with Gasteiger partial charge in [-0.1, -0.05) is 37.6 Å². The van der Waals surface area contributed by atoms with E-state index in [2.05, 4.69) is 46.4 Å². The molecule has 1 heterocycles. The molecule has 2 rings (SSSR count). The van der Waals surface area contributed by atoms with Crippen molar-refractivity contribution in [3.8, 4) is 17.1 Å². The third kappa shape index (κ3) is 3.57. The average Bonchev–Trinajstić information content (AvgIpc) is 2.34. The molecule has 0 saturated heterocycles. The van der Waals surface area contributed by atoms with Gasteiger partial charge in [0.25, 0.3) is 0 Å². The zero-order valence-electron chi connectivity index (χ0n) is 10.7. The molecule has 19 heavy (non-hydrogen) atoms. The zero-order chi connectivity index (χ0) is 14.0. The molecule has 1 aromatic carbocycles. The summed E-state index contributed by atoms with van der Waals surface area (Å²) in [6.45, 7) is 4.28. The number of aromatic nitrogens is 2. The smallest absolute Gasteiger partial charge is 0.161 e. The first-order valence-electron chi connectivity index (χ1n) is 5.98. The number of halogens is 2. The molecule has 1 aromatic heterocycles. The van der Waals surface area contributed by atoms with Crippen molar-refractivity contribution in [3.63, 3.8) is 0 Å². The van der Waals surface area contributed by atoms with Crippen LogP contribution in [0.3, 0.4) is 0 Å². The first kappa shape index (κ1) is 14.5. The van der Waals surface area contributed by atoms with Gasteiger partial charge >= 0.3 is 0 Å². The van der Waals surface area contributed by atoms with Gasteiger partial charge in [-0.3, -0.25) is 0 Å². The maximum Gasteiger partial charge on any atom is 0.161 e. The van der Waals surface area contributed by atoms with E-state index in [0.29, 0.717) is 16.9 Å². The van der Waals surface area contributed by atoms with E-state index in [0.717, 1.165) is 21.2 Å². The fourth-order valence-corrected chi connectivity index (χ4v) is 2.41. The first-order valence-corrected chi connectivity index (χ1v) is 7.44. The van der Waals surface area contributed by atoms with Crippen molar-refractivity contribution < 1.29 is 5.11 Å². The minimum atomic E-state index is 0.196. The van der Waals surface area contributed by atoms with Gasteiger partial charge in [-0.2, -0.15) is 0 Å². The lowest BCUT2D eigenvalue weighted by Crippen LogP contribution is -2.04. The van der Waals surface area contributed by atoms with Crippen LogP contribution in [0.4, 0.5) is 0 Å². The maximum absolute atomic E-state index is 9.52. The SMILES string of the molecule is CC(C)Cc1nc(-c2cccc(O)c2)nc(Cl)c1I. The van der Waals surface area contributed by atoms with Crippen molar-refractivity contribution >= 4 is 34.2 Å². The molecule has 0 atom stereocenters. The van der Waals surface area contributed by atoms with Gasteiger partial charge in [-0.25, -0.2) is 9.97 Å². The maximum atomic E-state index is 9.52. The highest BCUT2D eigenvalue weighted by Gasteiger charge is 2.13. The van der Waals surface area contributed by atoms with E-state index >= 15 is 0 Å². The van der Waals surface area contributed by atoms with Crippen molar-refractivity contribution in [1.82, 2.24) is 9.97 Å². The number of phenols is 1. The summed E-state index contributed by atoms with van der Waals surface area (Å²) in [6.07, 6.45) is 0.854. The minimum absolute atomic E-state index is 0.196. The van der Waals surface area contributed by atoms with E-state index < -0.39 is 0 Å². The number of phenolic OH excluding ortho intramolecular Hbond substituents is 1. The average molecular weight is 389 g/mol. The van der Waals surface area contributed by atoms with Crippen molar-refractivity contribution in [2.24, 2.45) is 5.92 Å². The molecular weight excluding hydrogens is 375 g/mol. The highest BCUT2D eigenvalue weighted by atomic mass is 127. The van der Waals surface area contributed by atoms with Gasteiger partial charge in [0.15, 0.2) is 5.82 Å². The van der Waals surface area contributed by atoms with Crippen LogP contribution >= 0.6 is 34.2 Å². The van der Waals surface area contributed by atoms with Crippen molar-refractivity contribution in [2.75, 3.05) is 0 Å². The van der Waals surface area contributed by atoms with E-state index in [1.807, 2.05) is 6.07 Å². The fraction of sp³-hybridized carbons (Fsp3) is 0.286. The van der Waals surface area contributed by atoms with Crippen LogP contribution in [0.15, 0.2) is 24.3 Å². The van der Waals surface area contributed by atoms with Crippen LogP contribution in [0.25, 0.3) is 11.4 Å². The van der Waals surface area contributed by atoms with Gasteiger partial charge < -0.3 is 5.11 Å². The lowest BCUT2D eigenvalue weighted by atomic mass is 10.1. The molecule has 0 fully saturated rings. The molecule has 5 heteroatoms. The monoisotopic (exact) mass is 388 g/mol. The molecule has 1 N–H and O–H groups in total. The number of benzene rings is 1. The summed E-state index contributed by atoms with van der Waals surface area (Å²) in [6, 6.07) is 6.88. The molecule has 3 nitrogen and oxygen atoms in total. The summed E-state index contributed by atoms with van der Waals surface area (Å²) in [5, 5.41) is 9.99.